The van der Waals surface area contributed by atoms with Crippen molar-refractivity contribution in [3.63, 3.8) is 0 Å². The fourth-order valence-corrected chi connectivity index (χ4v) is 2.24. The Morgan fingerprint density at radius 2 is 2.22 bits per heavy atom. The van der Waals surface area contributed by atoms with Crippen LogP contribution in [0.2, 0.25) is 0 Å². The van der Waals surface area contributed by atoms with Crippen LogP contribution in [0.15, 0.2) is 16.7 Å². The maximum Gasteiger partial charge on any atom is 0.410 e. The number of carbonyl (C=O) groups excluding carboxylic acids is 1. The summed E-state index contributed by atoms with van der Waals surface area (Å²) < 4.78 is 6.34. The molecule has 0 radical (unpaired) electrons. The summed E-state index contributed by atoms with van der Waals surface area (Å²) in [6, 6.07) is 2.06. The third kappa shape index (κ3) is 3.22. The monoisotopic (exact) mass is 312 g/mol. The Morgan fingerprint density at radius 1 is 1.50 bits per heavy atom. The number of ether oxygens (including phenoxy) is 1. The van der Waals surface area contributed by atoms with Crippen molar-refractivity contribution in [2.24, 2.45) is 0 Å². The van der Waals surface area contributed by atoms with Crippen molar-refractivity contribution < 1.29 is 9.53 Å². The molecule has 2 rings (SSSR count). The molecule has 0 saturated carbocycles. The summed E-state index contributed by atoms with van der Waals surface area (Å²) in [5.41, 5.74) is 1.70. The van der Waals surface area contributed by atoms with Gasteiger partial charge in [0.2, 0.25) is 0 Å². The standard InChI is InChI=1S/C13H17BrN2O2/c1-13(2,3)18-12(17)16-5-4-9-6-10(14)7-15-11(9)8-16/h6-7H,4-5,8H2,1-3H3. The normalized spacial score (nSPS) is 15.2. The molecule has 18 heavy (non-hydrogen) atoms. The van der Waals surface area contributed by atoms with Crippen LogP contribution in [0.3, 0.4) is 0 Å². The first-order valence-corrected chi connectivity index (χ1v) is 6.76. The molecule has 1 amide bonds. The Kier molecular flexibility index (Phi) is 3.61. The minimum absolute atomic E-state index is 0.266. The molecule has 1 aliphatic rings. The molecular formula is C13H17BrN2O2. The summed E-state index contributed by atoms with van der Waals surface area (Å²) in [6.45, 7) is 6.83. The van der Waals surface area contributed by atoms with Crippen LogP contribution in [-0.4, -0.2) is 28.1 Å². The summed E-state index contributed by atoms with van der Waals surface area (Å²) in [5, 5.41) is 0. The molecule has 1 aliphatic heterocycles. The minimum atomic E-state index is -0.454. The Balaban J connectivity index is 2.08. The van der Waals surface area contributed by atoms with E-state index in [-0.39, 0.29) is 6.09 Å². The second kappa shape index (κ2) is 4.88. The van der Waals surface area contributed by atoms with Gasteiger partial charge in [-0.2, -0.15) is 0 Å². The van der Waals surface area contributed by atoms with Gasteiger partial charge in [-0.25, -0.2) is 4.79 Å². The second-order valence-electron chi connectivity index (χ2n) is 5.41. The number of aromatic nitrogens is 1. The zero-order valence-electron chi connectivity index (χ0n) is 10.9. The molecule has 98 valence electrons. The summed E-state index contributed by atoms with van der Waals surface area (Å²) in [5.74, 6) is 0. The lowest BCUT2D eigenvalue weighted by molar-refractivity contribution is 0.0221. The Morgan fingerprint density at radius 3 is 2.89 bits per heavy atom. The van der Waals surface area contributed by atoms with Crippen molar-refractivity contribution in [3.8, 4) is 0 Å². The lowest BCUT2D eigenvalue weighted by Gasteiger charge is -2.30. The molecule has 0 aromatic carbocycles. The highest BCUT2D eigenvalue weighted by Crippen LogP contribution is 2.22. The van der Waals surface area contributed by atoms with Crippen molar-refractivity contribution in [1.29, 1.82) is 0 Å². The SMILES string of the molecule is CC(C)(C)OC(=O)N1CCc2cc(Br)cnc2C1. The first-order chi connectivity index (χ1) is 8.35. The average molecular weight is 313 g/mol. The van der Waals surface area contributed by atoms with Crippen LogP contribution in [0.4, 0.5) is 4.79 Å². The summed E-state index contributed by atoms with van der Waals surface area (Å²) in [6.07, 6.45) is 2.32. The van der Waals surface area contributed by atoms with E-state index in [9.17, 15) is 4.79 Å². The number of rotatable bonds is 0. The first-order valence-electron chi connectivity index (χ1n) is 5.96. The van der Waals surface area contributed by atoms with Gasteiger partial charge in [0, 0.05) is 17.2 Å². The number of hydrogen-bond donors (Lipinski definition) is 0. The lowest BCUT2D eigenvalue weighted by atomic mass is 10.1. The van der Waals surface area contributed by atoms with Crippen molar-refractivity contribution >= 4 is 22.0 Å². The molecular weight excluding hydrogens is 296 g/mol. The number of hydrogen-bond acceptors (Lipinski definition) is 3. The van der Waals surface area contributed by atoms with Crippen LogP contribution in [0.5, 0.6) is 0 Å². The van der Waals surface area contributed by atoms with Crippen molar-refractivity contribution in [3.05, 3.63) is 28.0 Å². The predicted molar refractivity (Wildman–Crippen MR) is 72.3 cm³/mol. The highest BCUT2D eigenvalue weighted by Gasteiger charge is 2.26. The van der Waals surface area contributed by atoms with Gasteiger partial charge in [0.1, 0.15) is 5.60 Å². The van der Waals surface area contributed by atoms with Gasteiger partial charge < -0.3 is 9.64 Å². The maximum atomic E-state index is 12.0. The quantitative estimate of drug-likeness (QED) is 0.739. The smallest absolute Gasteiger partial charge is 0.410 e. The van der Waals surface area contributed by atoms with Crippen LogP contribution >= 0.6 is 15.9 Å². The molecule has 0 fully saturated rings. The molecule has 4 nitrogen and oxygen atoms in total. The number of fused-ring (bicyclic) bond motifs is 1. The largest absolute Gasteiger partial charge is 0.444 e. The Bertz CT molecular complexity index is 469. The van der Waals surface area contributed by atoms with Crippen molar-refractivity contribution in [2.75, 3.05) is 6.54 Å². The molecule has 0 bridgehead atoms. The van der Waals surface area contributed by atoms with E-state index in [2.05, 4.69) is 27.0 Å². The molecule has 0 N–H and O–H groups in total. The number of halogens is 1. The number of amides is 1. The van der Waals surface area contributed by atoms with E-state index >= 15 is 0 Å². The zero-order valence-corrected chi connectivity index (χ0v) is 12.5. The van der Waals surface area contributed by atoms with Crippen molar-refractivity contribution in [1.82, 2.24) is 9.88 Å². The molecule has 0 aliphatic carbocycles. The van der Waals surface area contributed by atoms with Crippen LogP contribution in [0.25, 0.3) is 0 Å². The van der Waals surface area contributed by atoms with Gasteiger partial charge in [0.15, 0.2) is 0 Å². The zero-order chi connectivity index (χ0) is 13.3. The third-order valence-corrected chi connectivity index (χ3v) is 3.10. The van der Waals surface area contributed by atoms with Crippen LogP contribution in [0, 0.1) is 0 Å². The molecule has 2 heterocycles. The molecule has 5 heteroatoms. The van der Waals surface area contributed by atoms with Gasteiger partial charge in [-0.05, 0) is 54.8 Å². The maximum absolute atomic E-state index is 12.0. The number of pyridine rings is 1. The van der Waals surface area contributed by atoms with Gasteiger partial charge in [-0.3, -0.25) is 4.98 Å². The van der Waals surface area contributed by atoms with Crippen LogP contribution in [-0.2, 0) is 17.7 Å². The Hall–Kier alpha value is -1.10. The van der Waals surface area contributed by atoms with Gasteiger partial charge in [0.25, 0.3) is 0 Å². The van der Waals surface area contributed by atoms with E-state index in [0.29, 0.717) is 13.1 Å². The van der Waals surface area contributed by atoms with E-state index in [0.717, 1.165) is 16.6 Å². The van der Waals surface area contributed by atoms with E-state index in [1.807, 2.05) is 20.8 Å². The highest BCUT2D eigenvalue weighted by molar-refractivity contribution is 9.10. The second-order valence-corrected chi connectivity index (χ2v) is 6.33. The lowest BCUT2D eigenvalue weighted by Crippen LogP contribution is -2.40. The summed E-state index contributed by atoms with van der Waals surface area (Å²) in [4.78, 5) is 18.0. The molecule has 0 saturated heterocycles. The minimum Gasteiger partial charge on any atom is -0.444 e. The molecule has 0 spiro atoms. The van der Waals surface area contributed by atoms with E-state index in [1.54, 1.807) is 11.1 Å². The molecule has 0 unspecified atom stereocenters. The Labute approximate surface area is 115 Å². The van der Waals surface area contributed by atoms with E-state index < -0.39 is 5.60 Å². The van der Waals surface area contributed by atoms with Gasteiger partial charge >= 0.3 is 6.09 Å². The van der Waals surface area contributed by atoms with Crippen molar-refractivity contribution in [2.45, 2.75) is 39.3 Å². The molecule has 0 atom stereocenters. The highest BCUT2D eigenvalue weighted by atomic mass is 79.9. The summed E-state index contributed by atoms with van der Waals surface area (Å²) in [7, 11) is 0. The first kappa shape index (κ1) is 13.3. The fourth-order valence-electron chi connectivity index (χ4n) is 1.87. The van der Waals surface area contributed by atoms with Crippen LogP contribution < -0.4 is 0 Å². The molecule has 1 aromatic rings. The van der Waals surface area contributed by atoms with E-state index in [4.69, 9.17) is 4.74 Å². The summed E-state index contributed by atoms with van der Waals surface area (Å²) >= 11 is 3.41. The van der Waals surface area contributed by atoms with Gasteiger partial charge in [-0.1, -0.05) is 0 Å². The topological polar surface area (TPSA) is 42.4 Å². The number of nitrogens with zero attached hydrogens (tertiary/aromatic N) is 2. The van der Waals surface area contributed by atoms with Gasteiger partial charge in [0.05, 0.1) is 12.2 Å². The number of carbonyl (C=O) groups is 1. The molecule has 1 aromatic heterocycles. The van der Waals surface area contributed by atoms with E-state index in [1.165, 1.54) is 5.56 Å². The fraction of sp³-hybridized carbons (Fsp3) is 0.538. The predicted octanol–water partition coefficient (Wildman–Crippen LogP) is 3.14. The van der Waals surface area contributed by atoms with Gasteiger partial charge in [-0.15, -0.1) is 0 Å². The average Bonchev–Trinajstić information content (AvgIpc) is 2.26. The van der Waals surface area contributed by atoms with Crippen LogP contribution in [0.1, 0.15) is 32.0 Å². The third-order valence-electron chi connectivity index (χ3n) is 2.67.